The SMILES string of the molecule is CCc1cccc2cc3cc(N)ccc3cc12. The molecular formula is C16H15N. The van der Waals surface area contributed by atoms with Gasteiger partial charge in [0.1, 0.15) is 0 Å². The van der Waals surface area contributed by atoms with Gasteiger partial charge in [-0.3, -0.25) is 0 Å². The van der Waals surface area contributed by atoms with Crippen LogP contribution in [0.4, 0.5) is 5.69 Å². The molecule has 17 heavy (non-hydrogen) atoms. The molecule has 3 aromatic rings. The topological polar surface area (TPSA) is 26.0 Å². The first-order valence-electron chi connectivity index (χ1n) is 5.99. The van der Waals surface area contributed by atoms with Crippen LogP contribution in [0.15, 0.2) is 48.5 Å². The van der Waals surface area contributed by atoms with Gasteiger partial charge < -0.3 is 5.73 Å². The summed E-state index contributed by atoms with van der Waals surface area (Å²) in [4.78, 5) is 0. The van der Waals surface area contributed by atoms with E-state index >= 15 is 0 Å². The zero-order valence-corrected chi connectivity index (χ0v) is 9.90. The van der Waals surface area contributed by atoms with E-state index in [0.717, 1.165) is 12.1 Å². The third-order valence-corrected chi connectivity index (χ3v) is 3.33. The van der Waals surface area contributed by atoms with Crippen LogP contribution in [0.1, 0.15) is 12.5 Å². The maximum absolute atomic E-state index is 5.82. The maximum atomic E-state index is 5.82. The molecular weight excluding hydrogens is 206 g/mol. The molecule has 0 saturated heterocycles. The molecule has 0 fully saturated rings. The molecule has 0 atom stereocenters. The second kappa shape index (κ2) is 3.77. The lowest BCUT2D eigenvalue weighted by Gasteiger charge is -2.07. The highest BCUT2D eigenvalue weighted by Gasteiger charge is 2.02. The quantitative estimate of drug-likeness (QED) is 0.485. The number of benzene rings is 3. The van der Waals surface area contributed by atoms with Crippen molar-refractivity contribution in [2.24, 2.45) is 0 Å². The highest BCUT2D eigenvalue weighted by atomic mass is 14.5. The number of hydrogen-bond acceptors (Lipinski definition) is 1. The normalized spacial score (nSPS) is 11.1. The summed E-state index contributed by atoms with van der Waals surface area (Å²) in [5, 5.41) is 5.12. The third kappa shape index (κ3) is 1.64. The molecule has 3 rings (SSSR count). The number of rotatable bonds is 1. The molecule has 84 valence electrons. The Kier molecular flexibility index (Phi) is 2.25. The highest BCUT2D eigenvalue weighted by Crippen LogP contribution is 2.27. The van der Waals surface area contributed by atoms with Crippen LogP contribution in [-0.2, 0) is 6.42 Å². The number of hydrogen-bond donors (Lipinski definition) is 1. The molecule has 0 aliphatic carbocycles. The lowest BCUT2D eigenvalue weighted by molar-refractivity contribution is 1.16. The zero-order chi connectivity index (χ0) is 11.8. The van der Waals surface area contributed by atoms with Crippen LogP contribution in [0.3, 0.4) is 0 Å². The minimum Gasteiger partial charge on any atom is -0.399 e. The summed E-state index contributed by atoms with van der Waals surface area (Å²) in [5.41, 5.74) is 8.05. The molecule has 0 spiro atoms. The Balaban J connectivity index is 2.43. The first-order chi connectivity index (χ1) is 8.28. The second-order valence-corrected chi connectivity index (χ2v) is 4.45. The molecule has 0 heterocycles. The molecule has 0 radical (unpaired) electrons. The Morgan fingerprint density at radius 3 is 2.59 bits per heavy atom. The number of anilines is 1. The van der Waals surface area contributed by atoms with Crippen molar-refractivity contribution in [2.45, 2.75) is 13.3 Å². The lowest BCUT2D eigenvalue weighted by Crippen LogP contribution is -1.86. The van der Waals surface area contributed by atoms with E-state index in [2.05, 4.69) is 43.3 Å². The van der Waals surface area contributed by atoms with Crippen LogP contribution in [0, 0.1) is 0 Å². The molecule has 1 heteroatoms. The van der Waals surface area contributed by atoms with E-state index in [0.29, 0.717) is 0 Å². The summed E-state index contributed by atoms with van der Waals surface area (Å²) in [6.45, 7) is 2.20. The maximum Gasteiger partial charge on any atom is 0.0320 e. The van der Waals surface area contributed by atoms with Crippen molar-refractivity contribution in [3.05, 3.63) is 54.1 Å². The molecule has 0 amide bonds. The molecule has 0 aliphatic heterocycles. The highest BCUT2D eigenvalue weighted by molar-refractivity contribution is 6.00. The molecule has 1 nitrogen and oxygen atoms in total. The van der Waals surface area contributed by atoms with E-state index in [1.165, 1.54) is 27.1 Å². The smallest absolute Gasteiger partial charge is 0.0320 e. The van der Waals surface area contributed by atoms with Crippen LogP contribution in [0.2, 0.25) is 0 Å². The molecule has 0 bridgehead atoms. The van der Waals surface area contributed by atoms with Gasteiger partial charge >= 0.3 is 0 Å². The summed E-state index contributed by atoms with van der Waals surface area (Å²) in [6, 6.07) is 17.1. The fourth-order valence-corrected chi connectivity index (χ4v) is 2.42. The van der Waals surface area contributed by atoms with E-state index in [4.69, 9.17) is 5.73 Å². The van der Waals surface area contributed by atoms with E-state index in [1.54, 1.807) is 0 Å². The van der Waals surface area contributed by atoms with Gasteiger partial charge in [-0.25, -0.2) is 0 Å². The van der Waals surface area contributed by atoms with Crippen LogP contribution >= 0.6 is 0 Å². The molecule has 0 aliphatic rings. The first-order valence-corrected chi connectivity index (χ1v) is 5.99. The Morgan fingerprint density at radius 1 is 0.882 bits per heavy atom. The summed E-state index contributed by atoms with van der Waals surface area (Å²) in [7, 11) is 0. The number of fused-ring (bicyclic) bond motifs is 2. The van der Waals surface area contributed by atoms with Gasteiger partial charge in [-0.1, -0.05) is 31.2 Å². The molecule has 2 N–H and O–H groups in total. The van der Waals surface area contributed by atoms with E-state index < -0.39 is 0 Å². The van der Waals surface area contributed by atoms with Crippen molar-refractivity contribution in [1.29, 1.82) is 0 Å². The van der Waals surface area contributed by atoms with Crippen molar-refractivity contribution >= 4 is 27.2 Å². The fraction of sp³-hybridized carbons (Fsp3) is 0.125. The van der Waals surface area contributed by atoms with Crippen LogP contribution in [-0.4, -0.2) is 0 Å². The van der Waals surface area contributed by atoms with Gasteiger partial charge in [0.2, 0.25) is 0 Å². The van der Waals surface area contributed by atoms with Crippen LogP contribution < -0.4 is 5.73 Å². The van der Waals surface area contributed by atoms with Crippen molar-refractivity contribution in [3.63, 3.8) is 0 Å². The van der Waals surface area contributed by atoms with Crippen molar-refractivity contribution in [3.8, 4) is 0 Å². The van der Waals surface area contributed by atoms with Gasteiger partial charge in [-0.2, -0.15) is 0 Å². The molecule has 3 aromatic carbocycles. The van der Waals surface area contributed by atoms with Crippen molar-refractivity contribution in [2.75, 3.05) is 5.73 Å². The third-order valence-electron chi connectivity index (χ3n) is 3.33. The Labute approximate surface area is 101 Å². The predicted octanol–water partition coefficient (Wildman–Crippen LogP) is 4.14. The summed E-state index contributed by atoms with van der Waals surface area (Å²) in [5.74, 6) is 0. The van der Waals surface area contributed by atoms with Gasteiger partial charge in [0.05, 0.1) is 0 Å². The van der Waals surface area contributed by atoms with Gasteiger partial charge in [0.25, 0.3) is 0 Å². The molecule has 0 saturated carbocycles. The molecule has 0 unspecified atom stereocenters. The summed E-state index contributed by atoms with van der Waals surface area (Å²) in [6.07, 6.45) is 1.07. The first kappa shape index (κ1) is 10.2. The Hall–Kier alpha value is -2.02. The minimum absolute atomic E-state index is 0.823. The second-order valence-electron chi connectivity index (χ2n) is 4.45. The van der Waals surface area contributed by atoms with E-state index in [9.17, 15) is 0 Å². The lowest BCUT2D eigenvalue weighted by atomic mass is 9.98. The Bertz CT molecular complexity index is 698. The average molecular weight is 221 g/mol. The summed E-state index contributed by atoms with van der Waals surface area (Å²) >= 11 is 0. The van der Waals surface area contributed by atoms with Gasteiger partial charge in [-0.15, -0.1) is 0 Å². The van der Waals surface area contributed by atoms with Gasteiger partial charge in [-0.05, 0) is 57.8 Å². The summed E-state index contributed by atoms with van der Waals surface area (Å²) < 4.78 is 0. The van der Waals surface area contributed by atoms with E-state index in [-0.39, 0.29) is 0 Å². The largest absolute Gasteiger partial charge is 0.399 e. The van der Waals surface area contributed by atoms with Crippen molar-refractivity contribution in [1.82, 2.24) is 0 Å². The zero-order valence-electron chi connectivity index (χ0n) is 9.90. The predicted molar refractivity (Wildman–Crippen MR) is 75.2 cm³/mol. The van der Waals surface area contributed by atoms with Crippen molar-refractivity contribution < 1.29 is 0 Å². The van der Waals surface area contributed by atoms with Gasteiger partial charge in [0.15, 0.2) is 0 Å². The average Bonchev–Trinajstić information content (AvgIpc) is 2.35. The fourth-order valence-electron chi connectivity index (χ4n) is 2.42. The van der Waals surface area contributed by atoms with Gasteiger partial charge in [0, 0.05) is 5.69 Å². The standard InChI is InChI=1S/C16H15N/c1-2-11-4-3-5-13-8-14-9-15(17)7-6-12(14)10-16(11)13/h3-10H,2,17H2,1H3. The van der Waals surface area contributed by atoms with Crippen LogP contribution in [0.5, 0.6) is 0 Å². The van der Waals surface area contributed by atoms with E-state index in [1.807, 2.05) is 12.1 Å². The number of nitrogen functional groups attached to an aromatic ring is 1. The number of nitrogens with two attached hydrogens (primary N) is 1. The van der Waals surface area contributed by atoms with Crippen LogP contribution in [0.25, 0.3) is 21.5 Å². The number of aryl methyl sites for hydroxylation is 1. The molecule has 0 aromatic heterocycles. The minimum atomic E-state index is 0.823. The Morgan fingerprint density at radius 2 is 1.76 bits per heavy atom. The monoisotopic (exact) mass is 221 g/mol.